The average Bonchev–Trinajstić information content (AvgIpc) is 3.38. The van der Waals surface area contributed by atoms with Crippen LogP contribution in [0.4, 0.5) is 0 Å². The summed E-state index contributed by atoms with van der Waals surface area (Å²) < 4.78 is 12.7. The maximum absolute atomic E-state index is 13.2. The molecule has 5 rings (SSSR count). The van der Waals surface area contributed by atoms with Crippen molar-refractivity contribution < 1.29 is 14.3 Å². The standard InChI is InChI=1S/C25H27N3O3/c1-30-13-12-28-11-10-16-6-7-17(14-23(16)28)25(29)27-22-5-3-4-19-20-15-18(31-2)8-9-21(20)26-24(19)22/h6-11,14-15,22,26H,3-5,12-13H2,1-2H3,(H,27,29). The van der Waals surface area contributed by atoms with Crippen LogP contribution in [0.25, 0.3) is 21.8 Å². The lowest BCUT2D eigenvalue weighted by Crippen LogP contribution is -2.31. The van der Waals surface area contributed by atoms with Crippen LogP contribution in [0.3, 0.4) is 0 Å². The van der Waals surface area contributed by atoms with Gasteiger partial charge in [0.2, 0.25) is 0 Å². The number of aryl methyl sites for hydroxylation is 1. The van der Waals surface area contributed by atoms with Gasteiger partial charge in [-0.2, -0.15) is 0 Å². The van der Waals surface area contributed by atoms with Crippen LogP contribution in [0.5, 0.6) is 5.75 Å². The summed E-state index contributed by atoms with van der Waals surface area (Å²) in [4.78, 5) is 16.7. The van der Waals surface area contributed by atoms with Gasteiger partial charge in [-0.05, 0) is 66.6 Å². The van der Waals surface area contributed by atoms with Crippen molar-refractivity contribution in [3.8, 4) is 5.75 Å². The van der Waals surface area contributed by atoms with Crippen LogP contribution < -0.4 is 10.1 Å². The van der Waals surface area contributed by atoms with E-state index in [9.17, 15) is 4.79 Å². The summed E-state index contributed by atoms with van der Waals surface area (Å²) >= 11 is 0. The van der Waals surface area contributed by atoms with Crippen LogP contribution in [0.1, 0.15) is 40.5 Å². The van der Waals surface area contributed by atoms with E-state index in [2.05, 4.69) is 27.0 Å². The highest BCUT2D eigenvalue weighted by atomic mass is 16.5. The number of amides is 1. The second-order valence-corrected chi connectivity index (χ2v) is 8.12. The predicted molar refractivity (Wildman–Crippen MR) is 122 cm³/mol. The number of rotatable bonds is 6. The molecular weight excluding hydrogens is 390 g/mol. The van der Waals surface area contributed by atoms with Crippen LogP contribution in [0.2, 0.25) is 0 Å². The SMILES string of the molecule is COCCn1ccc2ccc(C(=O)NC3CCCc4c3[nH]c3ccc(OC)cc43)cc21. The number of nitrogens with one attached hydrogen (secondary N) is 2. The van der Waals surface area contributed by atoms with Gasteiger partial charge >= 0.3 is 0 Å². The molecular formula is C25H27N3O3. The Morgan fingerprint density at radius 3 is 2.94 bits per heavy atom. The molecule has 0 saturated carbocycles. The van der Waals surface area contributed by atoms with Crippen LogP contribution in [-0.2, 0) is 17.7 Å². The molecule has 0 fully saturated rings. The zero-order valence-corrected chi connectivity index (χ0v) is 17.9. The first-order chi connectivity index (χ1) is 15.2. The van der Waals surface area contributed by atoms with Gasteiger partial charge in [-0.15, -0.1) is 0 Å². The van der Waals surface area contributed by atoms with Gasteiger partial charge in [-0.25, -0.2) is 0 Å². The fraction of sp³-hybridized carbons (Fsp3) is 0.320. The summed E-state index contributed by atoms with van der Waals surface area (Å²) in [6, 6.07) is 14.0. The lowest BCUT2D eigenvalue weighted by atomic mass is 9.91. The Kier molecular flexibility index (Phi) is 5.16. The van der Waals surface area contributed by atoms with Gasteiger partial charge in [0, 0.05) is 47.5 Å². The van der Waals surface area contributed by atoms with Gasteiger partial charge in [-0.3, -0.25) is 4.79 Å². The van der Waals surface area contributed by atoms with Crippen molar-refractivity contribution in [1.82, 2.24) is 14.9 Å². The summed E-state index contributed by atoms with van der Waals surface area (Å²) in [5.74, 6) is 0.806. The number of carbonyl (C=O) groups is 1. The topological polar surface area (TPSA) is 68.3 Å². The minimum Gasteiger partial charge on any atom is -0.497 e. The highest BCUT2D eigenvalue weighted by Gasteiger charge is 2.26. The van der Waals surface area contributed by atoms with Gasteiger partial charge in [0.05, 0.1) is 19.8 Å². The van der Waals surface area contributed by atoms with Crippen LogP contribution >= 0.6 is 0 Å². The van der Waals surface area contributed by atoms with E-state index in [1.807, 2.05) is 36.5 Å². The molecule has 1 atom stereocenters. The minimum atomic E-state index is -0.0459. The Labute approximate surface area is 181 Å². The number of ether oxygens (including phenoxy) is 2. The highest BCUT2D eigenvalue weighted by Crippen LogP contribution is 2.36. The number of H-pyrrole nitrogens is 1. The third-order valence-corrected chi connectivity index (χ3v) is 6.29. The Morgan fingerprint density at radius 2 is 2.10 bits per heavy atom. The van der Waals surface area contributed by atoms with Gasteiger partial charge in [0.15, 0.2) is 0 Å². The number of benzene rings is 2. The Balaban J connectivity index is 1.42. The van der Waals surface area contributed by atoms with Crippen molar-refractivity contribution in [2.24, 2.45) is 0 Å². The first-order valence-corrected chi connectivity index (χ1v) is 10.7. The third-order valence-electron chi connectivity index (χ3n) is 6.29. The first-order valence-electron chi connectivity index (χ1n) is 10.7. The third kappa shape index (κ3) is 3.57. The molecule has 2 aromatic carbocycles. The molecule has 4 aromatic rings. The van der Waals surface area contributed by atoms with E-state index >= 15 is 0 Å². The minimum absolute atomic E-state index is 0.0226. The molecule has 6 heteroatoms. The van der Waals surface area contributed by atoms with Crippen molar-refractivity contribution in [1.29, 1.82) is 0 Å². The Hall–Kier alpha value is -3.25. The van der Waals surface area contributed by atoms with Crippen molar-refractivity contribution in [2.75, 3.05) is 20.8 Å². The zero-order chi connectivity index (χ0) is 21.4. The normalized spacial score (nSPS) is 15.9. The quantitative estimate of drug-likeness (QED) is 0.482. The lowest BCUT2D eigenvalue weighted by molar-refractivity contribution is 0.0932. The molecule has 31 heavy (non-hydrogen) atoms. The molecule has 0 saturated heterocycles. The summed E-state index contributed by atoms with van der Waals surface area (Å²) in [7, 11) is 3.38. The number of aromatic amines is 1. The van der Waals surface area contributed by atoms with E-state index in [4.69, 9.17) is 9.47 Å². The summed E-state index contributed by atoms with van der Waals surface area (Å²) in [6.45, 7) is 1.39. The van der Waals surface area contributed by atoms with Crippen molar-refractivity contribution in [3.05, 3.63) is 65.5 Å². The number of fused-ring (bicyclic) bond motifs is 4. The molecule has 0 bridgehead atoms. The Morgan fingerprint density at radius 1 is 1.19 bits per heavy atom. The smallest absolute Gasteiger partial charge is 0.251 e. The van der Waals surface area contributed by atoms with Crippen LogP contribution in [-0.4, -0.2) is 36.3 Å². The molecule has 0 radical (unpaired) electrons. The van der Waals surface area contributed by atoms with Gasteiger partial charge in [0.1, 0.15) is 5.75 Å². The zero-order valence-electron chi connectivity index (χ0n) is 17.9. The summed E-state index contributed by atoms with van der Waals surface area (Å²) in [5.41, 5.74) is 5.22. The highest BCUT2D eigenvalue weighted by molar-refractivity contribution is 5.98. The summed E-state index contributed by atoms with van der Waals surface area (Å²) in [5, 5.41) is 5.57. The molecule has 2 heterocycles. The maximum atomic E-state index is 13.2. The predicted octanol–water partition coefficient (Wildman–Crippen LogP) is 4.59. The second kappa shape index (κ2) is 8.12. The van der Waals surface area contributed by atoms with Crippen molar-refractivity contribution in [3.63, 3.8) is 0 Å². The van der Waals surface area contributed by atoms with E-state index in [-0.39, 0.29) is 11.9 Å². The fourth-order valence-electron chi connectivity index (χ4n) is 4.66. The van der Waals surface area contributed by atoms with E-state index < -0.39 is 0 Å². The van der Waals surface area contributed by atoms with Gasteiger partial charge in [-0.1, -0.05) is 6.07 Å². The summed E-state index contributed by atoms with van der Waals surface area (Å²) in [6.07, 6.45) is 5.02. The lowest BCUT2D eigenvalue weighted by Gasteiger charge is -2.24. The molecule has 0 spiro atoms. The number of nitrogens with zero attached hydrogens (tertiary/aromatic N) is 1. The van der Waals surface area contributed by atoms with Crippen LogP contribution in [0.15, 0.2) is 48.7 Å². The van der Waals surface area contributed by atoms with Gasteiger partial charge in [0.25, 0.3) is 5.91 Å². The molecule has 6 nitrogen and oxygen atoms in total. The molecule has 2 N–H and O–H groups in total. The molecule has 2 aromatic heterocycles. The second-order valence-electron chi connectivity index (χ2n) is 8.12. The molecule has 1 unspecified atom stereocenters. The van der Waals surface area contributed by atoms with Crippen molar-refractivity contribution >= 4 is 27.7 Å². The first kappa shape index (κ1) is 19.7. The number of methoxy groups -OCH3 is 2. The molecule has 1 aliphatic carbocycles. The maximum Gasteiger partial charge on any atom is 0.251 e. The largest absolute Gasteiger partial charge is 0.497 e. The number of carbonyl (C=O) groups excluding carboxylic acids is 1. The monoisotopic (exact) mass is 417 g/mol. The van der Waals surface area contributed by atoms with E-state index in [1.165, 1.54) is 10.9 Å². The number of aromatic nitrogens is 2. The number of hydrogen-bond acceptors (Lipinski definition) is 3. The Bertz CT molecular complexity index is 1250. The molecule has 0 aliphatic heterocycles. The van der Waals surface area contributed by atoms with E-state index in [0.717, 1.165) is 53.7 Å². The van der Waals surface area contributed by atoms with Crippen molar-refractivity contribution in [2.45, 2.75) is 31.8 Å². The van der Waals surface area contributed by atoms with Crippen LogP contribution in [0, 0.1) is 0 Å². The van der Waals surface area contributed by atoms with Gasteiger partial charge < -0.3 is 24.3 Å². The van der Waals surface area contributed by atoms with E-state index in [0.29, 0.717) is 12.2 Å². The molecule has 1 aliphatic rings. The molecule has 160 valence electrons. The fourth-order valence-corrected chi connectivity index (χ4v) is 4.66. The average molecular weight is 418 g/mol. The molecule has 1 amide bonds. The number of hydrogen-bond donors (Lipinski definition) is 2. The van der Waals surface area contributed by atoms with E-state index in [1.54, 1.807) is 14.2 Å².